The fourth-order valence-corrected chi connectivity index (χ4v) is 2.04. The Morgan fingerprint density at radius 3 is 2.62 bits per heavy atom. The average molecular weight is 217 g/mol. The molecule has 0 aromatic heterocycles. The summed E-state index contributed by atoms with van der Waals surface area (Å²) in [4.78, 5) is 0. The lowest BCUT2D eigenvalue weighted by Crippen LogP contribution is -2.29. The van der Waals surface area contributed by atoms with Crippen molar-refractivity contribution in [3.63, 3.8) is 0 Å². The number of hydrogen-bond acceptors (Lipinski definition) is 1. The first-order valence-corrected chi connectivity index (χ1v) is 6.07. The summed E-state index contributed by atoms with van der Waals surface area (Å²) >= 11 is 0. The molecule has 0 aliphatic rings. The molecule has 0 heterocycles. The fraction of sp³-hybridized carbons (Fsp3) is 0.467. The summed E-state index contributed by atoms with van der Waals surface area (Å²) in [7, 11) is 0. The molecular formula is C15H23N. The van der Waals surface area contributed by atoms with E-state index in [0.29, 0.717) is 12.1 Å². The van der Waals surface area contributed by atoms with Crippen LogP contribution in [0.2, 0.25) is 0 Å². The Hall–Kier alpha value is -1.08. The fourth-order valence-electron chi connectivity index (χ4n) is 2.04. The molecule has 0 fully saturated rings. The van der Waals surface area contributed by atoms with E-state index in [9.17, 15) is 0 Å². The molecule has 0 radical (unpaired) electrons. The van der Waals surface area contributed by atoms with Gasteiger partial charge in [-0.1, -0.05) is 30.3 Å². The molecule has 1 heteroatoms. The summed E-state index contributed by atoms with van der Waals surface area (Å²) in [5.41, 5.74) is 2.76. The highest BCUT2D eigenvalue weighted by molar-refractivity contribution is 5.28. The number of hydrogen-bond donors (Lipinski definition) is 1. The lowest BCUT2D eigenvalue weighted by atomic mass is 10.0. The first-order chi connectivity index (χ1) is 7.65. The van der Waals surface area contributed by atoms with Gasteiger partial charge < -0.3 is 5.32 Å². The Kier molecular flexibility index (Phi) is 5.27. The van der Waals surface area contributed by atoms with E-state index in [0.717, 1.165) is 12.8 Å². The third-order valence-corrected chi connectivity index (χ3v) is 2.99. The minimum atomic E-state index is 0.418. The smallest absolute Gasteiger partial charge is 0.0296 e. The molecule has 0 amide bonds. The molecule has 1 N–H and O–H groups in total. The van der Waals surface area contributed by atoms with Crippen LogP contribution < -0.4 is 5.32 Å². The van der Waals surface area contributed by atoms with Gasteiger partial charge in [-0.15, -0.1) is 6.58 Å². The molecule has 0 bridgehead atoms. The van der Waals surface area contributed by atoms with Crippen LogP contribution in [0.1, 0.15) is 43.9 Å². The third kappa shape index (κ3) is 3.82. The Bertz CT molecular complexity index is 330. The van der Waals surface area contributed by atoms with Crippen LogP contribution in [0.5, 0.6) is 0 Å². The lowest BCUT2D eigenvalue weighted by Gasteiger charge is -2.21. The van der Waals surface area contributed by atoms with Crippen LogP contribution in [0.3, 0.4) is 0 Å². The first kappa shape index (κ1) is 13.0. The van der Waals surface area contributed by atoms with Crippen molar-refractivity contribution in [2.75, 3.05) is 0 Å². The Morgan fingerprint density at radius 1 is 1.31 bits per heavy atom. The zero-order valence-electron chi connectivity index (χ0n) is 10.7. The molecule has 1 rings (SSSR count). The van der Waals surface area contributed by atoms with Gasteiger partial charge in [0.1, 0.15) is 0 Å². The lowest BCUT2D eigenvalue weighted by molar-refractivity contribution is 0.458. The number of benzene rings is 1. The predicted molar refractivity (Wildman–Crippen MR) is 71.6 cm³/mol. The molecule has 0 saturated carbocycles. The van der Waals surface area contributed by atoms with Gasteiger partial charge in [-0.2, -0.15) is 0 Å². The van der Waals surface area contributed by atoms with Crippen molar-refractivity contribution in [3.8, 4) is 0 Å². The maximum Gasteiger partial charge on any atom is 0.0296 e. The number of aryl methyl sites for hydroxylation is 1. The van der Waals surface area contributed by atoms with Crippen LogP contribution >= 0.6 is 0 Å². The highest BCUT2D eigenvalue weighted by Gasteiger charge is 2.10. The van der Waals surface area contributed by atoms with E-state index in [1.165, 1.54) is 11.1 Å². The normalized spacial score (nSPS) is 14.4. The standard InChI is InChI=1S/C15H23N/c1-5-6-10-13(3)16-14(4)15-11-8-7-9-12(15)2/h5,7-9,11,13-14,16H,1,6,10H2,2-4H3/t13?,14-/m1/s1. The Balaban J connectivity index is 2.55. The van der Waals surface area contributed by atoms with Gasteiger partial charge in [0.05, 0.1) is 0 Å². The zero-order chi connectivity index (χ0) is 12.0. The van der Waals surface area contributed by atoms with Gasteiger partial charge in [-0.25, -0.2) is 0 Å². The van der Waals surface area contributed by atoms with Crippen molar-refractivity contribution in [3.05, 3.63) is 48.0 Å². The maximum absolute atomic E-state index is 3.76. The van der Waals surface area contributed by atoms with E-state index in [4.69, 9.17) is 0 Å². The Morgan fingerprint density at radius 2 is 2.00 bits per heavy atom. The summed E-state index contributed by atoms with van der Waals surface area (Å²) in [6, 6.07) is 9.52. The highest BCUT2D eigenvalue weighted by Crippen LogP contribution is 2.17. The molecule has 1 nitrogen and oxygen atoms in total. The van der Waals surface area contributed by atoms with Crippen LogP contribution in [0.15, 0.2) is 36.9 Å². The predicted octanol–water partition coefficient (Wildman–Crippen LogP) is 4.00. The molecule has 0 aliphatic carbocycles. The minimum Gasteiger partial charge on any atom is -0.308 e. The van der Waals surface area contributed by atoms with Crippen molar-refractivity contribution >= 4 is 0 Å². The van der Waals surface area contributed by atoms with Crippen molar-refractivity contribution in [1.29, 1.82) is 0 Å². The zero-order valence-corrected chi connectivity index (χ0v) is 10.7. The van der Waals surface area contributed by atoms with E-state index >= 15 is 0 Å². The number of nitrogens with one attached hydrogen (secondary N) is 1. The molecule has 88 valence electrons. The monoisotopic (exact) mass is 217 g/mol. The van der Waals surface area contributed by atoms with Crippen LogP contribution in [-0.4, -0.2) is 6.04 Å². The largest absolute Gasteiger partial charge is 0.308 e. The topological polar surface area (TPSA) is 12.0 Å². The van der Waals surface area contributed by atoms with Crippen LogP contribution in [0, 0.1) is 6.92 Å². The number of allylic oxidation sites excluding steroid dienone is 1. The van der Waals surface area contributed by atoms with E-state index in [1.54, 1.807) is 0 Å². The van der Waals surface area contributed by atoms with Crippen molar-refractivity contribution in [2.24, 2.45) is 0 Å². The molecular weight excluding hydrogens is 194 g/mol. The van der Waals surface area contributed by atoms with Gasteiger partial charge in [0.25, 0.3) is 0 Å². The van der Waals surface area contributed by atoms with Gasteiger partial charge in [0.2, 0.25) is 0 Å². The van der Waals surface area contributed by atoms with Crippen molar-refractivity contribution < 1.29 is 0 Å². The molecule has 0 spiro atoms. The summed E-state index contributed by atoms with van der Waals surface area (Å²) in [6.07, 6.45) is 4.21. The van der Waals surface area contributed by atoms with E-state index in [-0.39, 0.29) is 0 Å². The van der Waals surface area contributed by atoms with Crippen LogP contribution in [0.4, 0.5) is 0 Å². The highest BCUT2D eigenvalue weighted by atomic mass is 14.9. The molecule has 0 aliphatic heterocycles. The van der Waals surface area contributed by atoms with E-state index in [1.807, 2.05) is 6.08 Å². The second-order valence-electron chi connectivity index (χ2n) is 4.51. The molecule has 1 aromatic rings. The second-order valence-corrected chi connectivity index (χ2v) is 4.51. The maximum atomic E-state index is 3.76. The van der Waals surface area contributed by atoms with Gasteiger partial charge in [-0.3, -0.25) is 0 Å². The average Bonchev–Trinajstić information content (AvgIpc) is 2.26. The van der Waals surface area contributed by atoms with Crippen LogP contribution in [0.25, 0.3) is 0 Å². The van der Waals surface area contributed by atoms with Gasteiger partial charge >= 0.3 is 0 Å². The first-order valence-electron chi connectivity index (χ1n) is 6.07. The molecule has 2 atom stereocenters. The van der Waals surface area contributed by atoms with Crippen molar-refractivity contribution in [2.45, 2.75) is 45.7 Å². The second kappa shape index (κ2) is 6.49. The third-order valence-electron chi connectivity index (χ3n) is 2.99. The SMILES string of the molecule is C=CCCC(C)N[C@H](C)c1ccccc1C. The number of rotatable bonds is 6. The molecule has 1 aromatic carbocycles. The van der Waals surface area contributed by atoms with E-state index in [2.05, 4.69) is 56.9 Å². The minimum absolute atomic E-state index is 0.418. The van der Waals surface area contributed by atoms with Gasteiger partial charge in [0.15, 0.2) is 0 Å². The molecule has 0 saturated heterocycles. The van der Waals surface area contributed by atoms with Gasteiger partial charge in [0, 0.05) is 12.1 Å². The summed E-state index contributed by atoms with van der Waals surface area (Å²) in [5.74, 6) is 0. The van der Waals surface area contributed by atoms with Crippen LogP contribution in [-0.2, 0) is 0 Å². The molecule has 1 unspecified atom stereocenters. The van der Waals surface area contributed by atoms with Gasteiger partial charge in [-0.05, 0) is 44.7 Å². The Labute approximate surface area is 99.6 Å². The molecule has 16 heavy (non-hydrogen) atoms. The quantitative estimate of drug-likeness (QED) is 0.710. The van der Waals surface area contributed by atoms with Crippen molar-refractivity contribution in [1.82, 2.24) is 5.32 Å². The summed E-state index contributed by atoms with van der Waals surface area (Å²) in [6.45, 7) is 10.4. The van der Waals surface area contributed by atoms with E-state index < -0.39 is 0 Å². The summed E-state index contributed by atoms with van der Waals surface area (Å²) in [5, 5.41) is 3.62. The summed E-state index contributed by atoms with van der Waals surface area (Å²) < 4.78 is 0.